The van der Waals surface area contributed by atoms with Crippen molar-refractivity contribution in [3.8, 4) is 0 Å². The van der Waals surface area contributed by atoms with Crippen LogP contribution in [0.25, 0.3) is 5.65 Å². The summed E-state index contributed by atoms with van der Waals surface area (Å²) in [5, 5.41) is 18.7. The SMILES string of the molecule is COCCNCCN(C)c1ccc2nnnn2n1. The number of hydrogen-bond donors (Lipinski definition) is 1. The van der Waals surface area contributed by atoms with Crippen molar-refractivity contribution in [2.75, 3.05) is 45.3 Å². The lowest BCUT2D eigenvalue weighted by Crippen LogP contribution is -2.31. The van der Waals surface area contributed by atoms with Crippen molar-refractivity contribution in [1.29, 1.82) is 0 Å². The molecule has 0 unspecified atom stereocenters. The maximum absolute atomic E-state index is 4.96. The van der Waals surface area contributed by atoms with Gasteiger partial charge in [-0.15, -0.1) is 14.8 Å². The first kappa shape index (κ1) is 12.7. The number of likely N-dealkylation sites (N-methyl/N-ethyl adjacent to an activating group) is 1. The van der Waals surface area contributed by atoms with Gasteiger partial charge in [0.25, 0.3) is 0 Å². The van der Waals surface area contributed by atoms with E-state index in [1.54, 1.807) is 7.11 Å². The number of methoxy groups -OCH3 is 1. The molecule has 0 radical (unpaired) electrons. The molecule has 0 bridgehead atoms. The summed E-state index contributed by atoms with van der Waals surface area (Å²) in [5.74, 6) is 0.836. The molecule has 0 aliphatic carbocycles. The summed E-state index contributed by atoms with van der Waals surface area (Å²) in [6, 6.07) is 3.75. The molecule has 18 heavy (non-hydrogen) atoms. The van der Waals surface area contributed by atoms with Crippen LogP contribution in [0.3, 0.4) is 0 Å². The molecular formula is C10H17N7O. The van der Waals surface area contributed by atoms with Crippen molar-refractivity contribution in [2.24, 2.45) is 0 Å². The third-order valence-electron chi connectivity index (χ3n) is 2.55. The van der Waals surface area contributed by atoms with E-state index in [4.69, 9.17) is 4.74 Å². The zero-order valence-corrected chi connectivity index (χ0v) is 10.6. The van der Waals surface area contributed by atoms with Crippen LogP contribution in [-0.2, 0) is 4.74 Å². The minimum absolute atomic E-state index is 0.644. The Hall–Kier alpha value is -1.80. The average Bonchev–Trinajstić information content (AvgIpc) is 2.85. The van der Waals surface area contributed by atoms with Gasteiger partial charge >= 0.3 is 0 Å². The maximum Gasteiger partial charge on any atom is 0.200 e. The third-order valence-corrected chi connectivity index (χ3v) is 2.55. The number of hydrogen-bond acceptors (Lipinski definition) is 7. The molecule has 98 valence electrons. The van der Waals surface area contributed by atoms with Crippen LogP contribution >= 0.6 is 0 Å². The van der Waals surface area contributed by atoms with Crippen LogP contribution in [0.1, 0.15) is 0 Å². The highest BCUT2D eigenvalue weighted by Crippen LogP contribution is 2.07. The summed E-state index contributed by atoms with van der Waals surface area (Å²) in [5.41, 5.74) is 0.644. The summed E-state index contributed by atoms with van der Waals surface area (Å²) in [4.78, 5) is 2.04. The molecule has 2 aromatic rings. The Morgan fingerprint density at radius 2 is 2.28 bits per heavy atom. The summed E-state index contributed by atoms with van der Waals surface area (Å²) < 4.78 is 6.38. The lowest BCUT2D eigenvalue weighted by Gasteiger charge is -2.17. The van der Waals surface area contributed by atoms with Gasteiger partial charge in [0.15, 0.2) is 11.5 Å². The van der Waals surface area contributed by atoms with E-state index in [9.17, 15) is 0 Å². The first-order chi connectivity index (χ1) is 8.81. The number of ether oxygens (including phenoxy) is 1. The molecule has 0 fully saturated rings. The predicted molar refractivity (Wildman–Crippen MR) is 66.6 cm³/mol. The van der Waals surface area contributed by atoms with Gasteiger partial charge in [0.1, 0.15) is 0 Å². The minimum Gasteiger partial charge on any atom is -0.383 e. The van der Waals surface area contributed by atoms with Gasteiger partial charge in [0.05, 0.1) is 6.61 Å². The molecule has 0 atom stereocenters. The Balaban J connectivity index is 1.85. The third kappa shape index (κ3) is 3.11. The Morgan fingerprint density at radius 1 is 1.39 bits per heavy atom. The molecule has 8 nitrogen and oxygen atoms in total. The van der Waals surface area contributed by atoms with Crippen molar-refractivity contribution in [3.63, 3.8) is 0 Å². The Bertz CT molecular complexity index is 486. The molecule has 2 rings (SSSR count). The van der Waals surface area contributed by atoms with Crippen molar-refractivity contribution < 1.29 is 4.74 Å². The molecule has 0 spiro atoms. The first-order valence-electron chi connectivity index (χ1n) is 5.77. The van der Waals surface area contributed by atoms with Gasteiger partial charge < -0.3 is 15.0 Å². The van der Waals surface area contributed by atoms with Gasteiger partial charge in [0, 0.05) is 33.8 Å². The summed E-state index contributed by atoms with van der Waals surface area (Å²) in [6.45, 7) is 3.29. The summed E-state index contributed by atoms with van der Waals surface area (Å²) >= 11 is 0. The highest BCUT2D eigenvalue weighted by atomic mass is 16.5. The molecule has 8 heteroatoms. The molecular weight excluding hydrogens is 234 g/mol. The molecule has 0 aromatic carbocycles. The molecule has 0 amide bonds. The van der Waals surface area contributed by atoms with Crippen LogP contribution in [-0.4, -0.2) is 65.7 Å². The van der Waals surface area contributed by atoms with Gasteiger partial charge in [-0.1, -0.05) is 0 Å². The summed E-state index contributed by atoms with van der Waals surface area (Å²) in [6.07, 6.45) is 0. The standard InChI is InChI=1S/C10H17N7O/c1-16(7-5-11-6-8-18-2)10-4-3-9-12-14-15-17(9)13-10/h3-4,11H,5-8H2,1-2H3. The number of fused-ring (bicyclic) bond motifs is 1. The van der Waals surface area contributed by atoms with Crippen molar-refractivity contribution in [1.82, 2.24) is 30.6 Å². The van der Waals surface area contributed by atoms with Gasteiger partial charge in [0.2, 0.25) is 0 Å². The Labute approximate surface area is 105 Å². The predicted octanol–water partition coefficient (Wildman–Crippen LogP) is -0.808. The van der Waals surface area contributed by atoms with Gasteiger partial charge in [-0.05, 0) is 22.6 Å². The normalized spacial score (nSPS) is 11.0. The van der Waals surface area contributed by atoms with E-state index < -0.39 is 0 Å². The number of aromatic nitrogens is 5. The van der Waals surface area contributed by atoms with Gasteiger partial charge in [-0.3, -0.25) is 0 Å². The van der Waals surface area contributed by atoms with Crippen LogP contribution in [0.2, 0.25) is 0 Å². The van der Waals surface area contributed by atoms with Crippen molar-refractivity contribution >= 4 is 11.5 Å². The lowest BCUT2D eigenvalue weighted by atomic mass is 10.4. The van der Waals surface area contributed by atoms with Crippen LogP contribution in [0.4, 0.5) is 5.82 Å². The number of rotatable bonds is 7. The van der Waals surface area contributed by atoms with Gasteiger partial charge in [-0.25, -0.2) is 0 Å². The van der Waals surface area contributed by atoms with Crippen molar-refractivity contribution in [3.05, 3.63) is 12.1 Å². The molecule has 0 aliphatic rings. The van der Waals surface area contributed by atoms with E-state index in [0.717, 1.165) is 32.1 Å². The largest absolute Gasteiger partial charge is 0.383 e. The van der Waals surface area contributed by atoms with Gasteiger partial charge in [-0.2, -0.15) is 0 Å². The lowest BCUT2D eigenvalue weighted by molar-refractivity contribution is 0.200. The van der Waals surface area contributed by atoms with E-state index in [1.165, 1.54) is 4.63 Å². The Kier molecular flexibility index (Phi) is 4.37. The fourth-order valence-corrected chi connectivity index (χ4v) is 1.50. The Morgan fingerprint density at radius 3 is 3.11 bits per heavy atom. The van der Waals surface area contributed by atoms with Crippen LogP contribution in [0, 0.1) is 0 Å². The number of nitrogens with zero attached hydrogens (tertiary/aromatic N) is 6. The van der Waals surface area contributed by atoms with E-state index in [-0.39, 0.29) is 0 Å². The minimum atomic E-state index is 0.644. The average molecular weight is 251 g/mol. The summed E-state index contributed by atoms with van der Waals surface area (Å²) in [7, 11) is 3.68. The topological polar surface area (TPSA) is 80.5 Å². The zero-order chi connectivity index (χ0) is 12.8. The molecule has 2 heterocycles. The van der Waals surface area contributed by atoms with Crippen LogP contribution < -0.4 is 10.2 Å². The molecule has 0 aliphatic heterocycles. The smallest absolute Gasteiger partial charge is 0.200 e. The quantitative estimate of drug-likeness (QED) is 0.645. The number of anilines is 1. The first-order valence-corrected chi connectivity index (χ1v) is 5.77. The molecule has 1 N–H and O–H groups in total. The number of nitrogens with one attached hydrogen (secondary N) is 1. The second-order valence-corrected chi connectivity index (χ2v) is 3.88. The maximum atomic E-state index is 4.96. The molecule has 0 saturated carbocycles. The fraction of sp³-hybridized carbons (Fsp3) is 0.600. The van der Waals surface area contributed by atoms with E-state index >= 15 is 0 Å². The van der Waals surface area contributed by atoms with E-state index in [1.807, 2.05) is 24.1 Å². The zero-order valence-electron chi connectivity index (χ0n) is 10.6. The number of tetrazole rings is 1. The fourth-order valence-electron chi connectivity index (χ4n) is 1.50. The van der Waals surface area contributed by atoms with Crippen LogP contribution in [0.15, 0.2) is 12.1 Å². The monoisotopic (exact) mass is 251 g/mol. The highest BCUT2D eigenvalue weighted by molar-refractivity contribution is 5.43. The second kappa shape index (κ2) is 6.22. The second-order valence-electron chi connectivity index (χ2n) is 3.88. The molecule has 0 saturated heterocycles. The van der Waals surface area contributed by atoms with E-state index in [2.05, 4.69) is 25.9 Å². The molecule has 2 aromatic heterocycles. The highest BCUT2D eigenvalue weighted by Gasteiger charge is 2.05. The van der Waals surface area contributed by atoms with Crippen LogP contribution in [0.5, 0.6) is 0 Å². The van der Waals surface area contributed by atoms with E-state index in [0.29, 0.717) is 5.65 Å². The van der Waals surface area contributed by atoms with Crippen molar-refractivity contribution in [2.45, 2.75) is 0 Å².